The van der Waals surface area contributed by atoms with Crippen molar-refractivity contribution in [1.82, 2.24) is 0 Å². The molecule has 7 heteroatoms. The number of aliphatic hydroxyl groups excluding tert-OH is 3. The molecule has 1 aliphatic rings. The maximum atomic E-state index is 10.9. The van der Waals surface area contributed by atoms with Crippen molar-refractivity contribution in [1.29, 1.82) is 0 Å². The summed E-state index contributed by atoms with van der Waals surface area (Å²) in [7, 11) is 0. The summed E-state index contributed by atoms with van der Waals surface area (Å²) < 4.78 is 5.50. The molecule has 1 fully saturated rings. The van der Waals surface area contributed by atoms with E-state index in [9.17, 15) is 20.1 Å². The van der Waals surface area contributed by atoms with Gasteiger partial charge in [0.15, 0.2) is 0 Å². The number of carbonyl (C=O) groups is 1. The Hall–Kier alpha value is -1.12. The molecule has 0 aromatic heterocycles. The van der Waals surface area contributed by atoms with E-state index in [0.717, 1.165) is 5.56 Å². The van der Waals surface area contributed by atoms with Gasteiger partial charge in [0.25, 0.3) is 5.24 Å². The lowest BCUT2D eigenvalue weighted by molar-refractivity contribution is -0.196. The highest BCUT2D eigenvalue weighted by Gasteiger charge is 2.44. The van der Waals surface area contributed by atoms with E-state index < -0.39 is 35.1 Å². The smallest absolute Gasteiger partial charge is 0.279 e. The third kappa shape index (κ3) is 3.50. The number of primary amides is 1. The standard InChI is InChI=1S/C13H17NO5S/c14-13(18)20-12-11(17)10(16)9(15)8(19-12)6-7-4-2-1-3-5-7/h1-5,8-12,15-17H,6H2,(H2,14,18). The van der Waals surface area contributed by atoms with E-state index in [-0.39, 0.29) is 0 Å². The summed E-state index contributed by atoms with van der Waals surface area (Å²) in [5, 5.41) is 28.9. The van der Waals surface area contributed by atoms with Crippen LogP contribution in [0.25, 0.3) is 0 Å². The predicted octanol–water partition coefficient (Wildman–Crippen LogP) is -0.151. The zero-order chi connectivity index (χ0) is 14.7. The van der Waals surface area contributed by atoms with Crippen LogP contribution in [0.15, 0.2) is 30.3 Å². The number of nitrogens with two attached hydrogens (primary N) is 1. The van der Waals surface area contributed by atoms with E-state index in [1.807, 2.05) is 30.3 Å². The van der Waals surface area contributed by atoms with Crippen LogP contribution in [0.3, 0.4) is 0 Å². The van der Waals surface area contributed by atoms with Crippen molar-refractivity contribution >= 4 is 17.0 Å². The van der Waals surface area contributed by atoms with Crippen molar-refractivity contribution in [3.63, 3.8) is 0 Å². The molecular weight excluding hydrogens is 282 g/mol. The van der Waals surface area contributed by atoms with Crippen LogP contribution in [0.5, 0.6) is 0 Å². The highest BCUT2D eigenvalue weighted by molar-refractivity contribution is 8.13. The highest BCUT2D eigenvalue weighted by Crippen LogP contribution is 2.29. The first-order valence-corrected chi connectivity index (χ1v) is 7.06. The van der Waals surface area contributed by atoms with Gasteiger partial charge >= 0.3 is 0 Å². The molecule has 0 spiro atoms. The number of benzene rings is 1. The number of hydrogen-bond acceptors (Lipinski definition) is 6. The molecule has 5 N–H and O–H groups in total. The first-order valence-electron chi connectivity index (χ1n) is 6.18. The minimum atomic E-state index is -1.38. The lowest BCUT2D eigenvalue weighted by Gasteiger charge is -2.39. The first kappa shape index (κ1) is 15.3. The maximum Gasteiger partial charge on any atom is 0.279 e. The van der Waals surface area contributed by atoms with Gasteiger partial charge in [-0.3, -0.25) is 4.79 Å². The largest absolute Gasteiger partial charge is 0.388 e. The molecule has 2 rings (SSSR count). The quantitative estimate of drug-likeness (QED) is 0.617. The normalized spacial score (nSPS) is 33.9. The van der Waals surface area contributed by atoms with Crippen molar-refractivity contribution < 1.29 is 24.9 Å². The van der Waals surface area contributed by atoms with Gasteiger partial charge in [-0.2, -0.15) is 0 Å². The average molecular weight is 299 g/mol. The van der Waals surface area contributed by atoms with Crippen molar-refractivity contribution in [2.75, 3.05) is 0 Å². The molecule has 0 bridgehead atoms. The summed E-state index contributed by atoms with van der Waals surface area (Å²) in [6, 6.07) is 9.30. The number of thioether (sulfide) groups is 1. The molecule has 0 aliphatic carbocycles. The number of ether oxygens (including phenoxy) is 1. The summed E-state index contributed by atoms with van der Waals surface area (Å²) >= 11 is 0.599. The fraction of sp³-hybridized carbons (Fsp3) is 0.462. The zero-order valence-corrected chi connectivity index (χ0v) is 11.4. The lowest BCUT2D eigenvalue weighted by atomic mass is 9.95. The molecule has 1 aromatic carbocycles. The second-order valence-electron chi connectivity index (χ2n) is 4.64. The minimum absolute atomic E-state index is 0.363. The summed E-state index contributed by atoms with van der Waals surface area (Å²) in [4.78, 5) is 10.9. The van der Waals surface area contributed by atoms with Crippen LogP contribution in [0.2, 0.25) is 0 Å². The summed E-state index contributed by atoms with van der Waals surface area (Å²) in [5.74, 6) is 0. The third-order valence-corrected chi connectivity index (χ3v) is 4.04. The fourth-order valence-corrected chi connectivity index (χ4v) is 2.87. The fourth-order valence-electron chi connectivity index (χ4n) is 2.14. The molecule has 5 atom stereocenters. The Morgan fingerprint density at radius 2 is 1.80 bits per heavy atom. The van der Waals surface area contributed by atoms with Gasteiger partial charge in [0.2, 0.25) is 0 Å². The number of rotatable bonds is 3. The monoisotopic (exact) mass is 299 g/mol. The van der Waals surface area contributed by atoms with Crippen molar-refractivity contribution in [3.05, 3.63) is 35.9 Å². The number of hydrogen-bond donors (Lipinski definition) is 4. The van der Waals surface area contributed by atoms with E-state index in [1.54, 1.807) is 0 Å². The van der Waals surface area contributed by atoms with E-state index in [2.05, 4.69) is 0 Å². The van der Waals surface area contributed by atoms with Crippen molar-refractivity contribution in [2.45, 2.75) is 36.3 Å². The molecule has 20 heavy (non-hydrogen) atoms. The number of aliphatic hydroxyl groups is 3. The molecule has 5 unspecified atom stereocenters. The van der Waals surface area contributed by atoms with E-state index in [1.165, 1.54) is 0 Å². The topological polar surface area (TPSA) is 113 Å². The zero-order valence-electron chi connectivity index (χ0n) is 10.6. The summed E-state index contributed by atoms with van der Waals surface area (Å²) in [5.41, 5.74) is 4.99. The van der Waals surface area contributed by atoms with Crippen LogP contribution in [-0.4, -0.2) is 50.4 Å². The van der Waals surface area contributed by atoms with Gasteiger partial charge in [0.1, 0.15) is 23.7 Å². The highest BCUT2D eigenvalue weighted by atomic mass is 32.2. The summed E-state index contributed by atoms with van der Waals surface area (Å²) in [6.07, 6.45) is -4.33. The van der Waals surface area contributed by atoms with Crippen LogP contribution >= 0.6 is 11.8 Å². The van der Waals surface area contributed by atoms with Crippen LogP contribution in [0.1, 0.15) is 5.56 Å². The Labute approximate surface area is 120 Å². The van der Waals surface area contributed by atoms with Gasteiger partial charge in [-0.1, -0.05) is 30.3 Å². The minimum Gasteiger partial charge on any atom is -0.388 e. The Balaban J connectivity index is 2.09. The Kier molecular flexibility index (Phi) is 5.00. The molecule has 0 radical (unpaired) electrons. The van der Waals surface area contributed by atoms with Crippen LogP contribution < -0.4 is 5.73 Å². The Morgan fingerprint density at radius 3 is 2.40 bits per heavy atom. The van der Waals surface area contributed by atoms with Gasteiger partial charge in [0.05, 0.1) is 6.10 Å². The van der Waals surface area contributed by atoms with Gasteiger partial charge in [-0.25, -0.2) is 0 Å². The maximum absolute atomic E-state index is 10.9. The third-order valence-electron chi connectivity index (χ3n) is 3.18. The van der Waals surface area contributed by atoms with Gasteiger partial charge < -0.3 is 25.8 Å². The van der Waals surface area contributed by atoms with Crippen LogP contribution in [-0.2, 0) is 11.2 Å². The molecule has 110 valence electrons. The molecule has 1 aromatic rings. The first-order chi connectivity index (χ1) is 9.49. The molecule has 1 saturated heterocycles. The molecule has 1 heterocycles. The predicted molar refractivity (Wildman–Crippen MR) is 74.0 cm³/mol. The Morgan fingerprint density at radius 1 is 1.15 bits per heavy atom. The second kappa shape index (κ2) is 6.55. The van der Waals surface area contributed by atoms with Crippen molar-refractivity contribution in [3.8, 4) is 0 Å². The number of amides is 1. The van der Waals surface area contributed by atoms with Gasteiger partial charge in [-0.15, -0.1) is 0 Å². The number of carbonyl (C=O) groups excluding carboxylic acids is 1. The van der Waals surface area contributed by atoms with Crippen LogP contribution in [0, 0.1) is 0 Å². The van der Waals surface area contributed by atoms with E-state index in [0.29, 0.717) is 18.2 Å². The second-order valence-corrected chi connectivity index (χ2v) is 5.74. The average Bonchev–Trinajstić information content (AvgIpc) is 2.42. The Bertz CT molecular complexity index is 457. The molecule has 6 nitrogen and oxygen atoms in total. The molecule has 0 saturated carbocycles. The molecular formula is C13H17NO5S. The SMILES string of the molecule is NC(=O)SC1OC(Cc2ccccc2)C(O)C(O)C1O. The molecule has 1 aliphatic heterocycles. The van der Waals surface area contributed by atoms with Crippen molar-refractivity contribution in [2.24, 2.45) is 5.73 Å². The van der Waals surface area contributed by atoms with E-state index in [4.69, 9.17) is 10.5 Å². The van der Waals surface area contributed by atoms with Gasteiger partial charge in [-0.05, 0) is 17.3 Å². The molecule has 1 amide bonds. The van der Waals surface area contributed by atoms with E-state index >= 15 is 0 Å². The van der Waals surface area contributed by atoms with Crippen LogP contribution in [0.4, 0.5) is 4.79 Å². The summed E-state index contributed by atoms with van der Waals surface area (Å²) in [6.45, 7) is 0. The van der Waals surface area contributed by atoms with Gasteiger partial charge in [0, 0.05) is 6.42 Å². The lowest BCUT2D eigenvalue weighted by Crippen LogP contribution is -2.57.